The first-order valence-electron chi connectivity index (χ1n) is 10.6. The van der Waals surface area contributed by atoms with Gasteiger partial charge in [0.1, 0.15) is 0 Å². The molecule has 0 saturated heterocycles. The van der Waals surface area contributed by atoms with E-state index >= 15 is 0 Å². The van der Waals surface area contributed by atoms with Crippen LogP contribution >= 0.6 is 0 Å². The zero-order chi connectivity index (χ0) is 22.9. The Balaban J connectivity index is 1.67. The van der Waals surface area contributed by atoms with Crippen molar-refractivity contribution in [3.8, 4) is 0 Å². The molecule has 8 heteroatoms. The number of halogens is 3. The number of hydrogen-bond acceptors (Lipinski definition) is 3. The van der Waals surface area contributed by atoms with Crippen LogP contribution in [-0.2, 0) is 38.8 Å². The first-order valence-corrected chi connectivity index (χ1v) is 10.6. The number of nitrogens with zero attached hydrogens (tertiary/aromatic N) is 3. The van der Waals surface area contributed by atoms with Crippen LogP contribution in [0.1, 0.15) is 34.9 Å². The highest BCUT2D eigenvalue weighted by atomic mass is 19.4. The molecule has 0 fully saturated rings. The lowest BCUT2D eigenvalue weighted by atomic mass is 10.0. The zero-order valence-electron chi connectivity index (χ0n) is 17.7. The maximum absolute atomic E-state index is 13.3. The van der Waals surface area contributed by atoms with Crippen LogP contribution in [0.4, 0.5) is 13.2 Å². The molecule has 0 unspecified atom stereocenters. The summed E-state index contributed by atoms with van der Waals surface area (Å²) in [4.78, 5) is 28.5. The van der Waals surface area contributed by atoms with E-state index in [9.17, 15) is 22.8 Å². The molecule has 0 atom stereocenters. The monoisotopic (exact) mass is 443 g/mol. The fourth-order valence-corrected chi connectivity index (χ4v) is 4.23. The molecule has 32 heavy (non-hydrogen) atoms. The Labute approximate surface area is 183 Å². The summed E-state index contributed by atoms with van der Waals surface area (Å²) in [5, 5.41) is 0. The van der Waals surface area contributed by atoms with E-state index in [2.05, 4.69) is 4.90 Å². The van der Waals surface area contributed by atoms with Crippen molar-refractivity contribution in [1.82, 2.24) is 14.0 Å². The van der Waals surface area contributed by atoms with Gasteiger partial charge in [0.2, 0.25) is 0 Å². The molecule has 5 nitrogen and oxygen atoms in total. The van der Waals surface area contributed by atoms with Gasteiger partial charge in [-0.2, -0.15) is 13.2 Å². The number of fused-ring (bicyclic) bond motifs is 1. The Morgan fingerprint density at radius 1 is 0.875 bits per heavy atom. The normalized spacial score (nSPS) is 14.4. The van der Waals surface area contributed by atoms with E-state index < -0.39 is 17.4 Å². The van der Waals surface area contributed by atoms with E-state index in [-0.39, 0.29) is 12.1 Å². The largest absolute Gasteiger partial charge is 0.416 e. The van der Waals surface area contributed by atoms with Crippen molar-refractivity contribution < 1.29 is 13.2 Å². The molecular formula is C24H24F3N3O2. The summed E-state index contributed by atoms with van der Waals surface area (Å²) < 4.78 is 41.3. The zero-order valence-corrected chi connectivity index (χ0v) is 17.7. The maximum atomic E-state index is 13.3. The number of rotatable bonds is 5. The van der Waals surface area contributed by atoms with Crippen LogP contribution in [0.5, 0.6) is 0 Å². The minimum atomic E-state index is -4.43. The van der Waals surface area contributed by atoms with Crippen molar-refractivity contribution >= 4 is 0 Å². The Morgan fingerprint density at radius 3 is 2.16 bits per heavy atom. The van der Waals surface area contributed by atoms with Crippen LogP contribution in [0.2, 0.25) is 0 Å². The van der Waals surface area contributed by atoms with Crippen LogP contribution in [-0.4, -0.2) is 20.6 Å². The number of hydrogen-bond donors (Lipinski definition) is 0. The quantitative estimate of drug-likeness (QED) is 0.605. The van der Waals surface area contributed by atoms with Gasteiger partial charge in [-0.25, -0.2) is 4.79 Å². The average molecular weight is 443 g/mol. The van der Waals surface area contributed by atoms with E-state index in [1.165, 1.54) is 12.1 Å². The predicted octanol–water partition coefficient (Wildman–Crippen LogP) is 3.66. The molecule has 0 radical (unpaired) electrons. The van der Waals surface area contributed by atoms with E-state index in [1.807, 2.05) is 37.3 Å². The third-order valence-electron chi connectivity index (χ3n) is 5.87. The summed E-state index contributed by atoms with van der Waals surface area (Å²) in [5.41, 5.74) is 1.40. The lowest BCUT2D eigenvalue weighted by Gasteiger charge is -2.30. The number of aromatic nitrogens is 2. The third-order valence-corrected chi connectivity index (χ3v) is 5.87. The Morgan fingerprint density at radius 2 is 1.53 bits per heavy atom. The highest BCUT2D eigenvalue weighted by Gasteiger charge is 2.30. The molecule has 0 bridgehead atoms. The molecule has 1 aromatic heterocycles. The van der Waals surface area contributed by atoms with Crippen molar-refractivity contribution in [2.75, 3.05) is 6.54 Å². The van der Waals surface area contributed by atoms with Gasteiger partial charge >= 0.3 is 11.9 Å². The topological polar surface area (TPSA) is 47.2 Å². The number of benzene rings is 2. The molecular weight excluding hydrogens is 419 g/mol. The number of alkyl halides is 3. The van der Waals surface area contributed by atoms with Crippen LogP contribution in [0.25, 0.3) is 0 Å². The molecule has 1 aliphatic heterocycles. The maximum Gasteiger partial charge on any atom is 0.416 e. The third kappa shape index (κ3) is 4.41. The smallest absolute Gasteiger partial charge is 0.297 e. The van der Waals surface area contributed by atoms with Gasteiger partial charge in [-0.15, -0.1) is 0 Å². The fraction of sp³-hybridized carbons (Fsp3) is 0.333. The van der Waals surface area contributed by atoms with Crippen molar-refractivity contribution in [2.45, 2.75) is 45.7 Å². The van der Waals surface area contributed by atoms with Gasteiger partial charge in [-0.1, -0.05) is 42.5 Å². The molecule has 0 saturated carbocycles. The minimum Gasteiger partial charge on any atom is -0.297 e. The van der Waals surface area contributed by atoms with Crippen LogP contribution < -0.4 is 11.2 Å². The van der Waals surface area contributed by atoms with Gasteiger partial charge in [0, 0.05) is 38.3 Å². The molecule has 1 aliphatic rings. The Hall–Kier alpha value is -3.13. The lowest BCUT2D eigenvalue weighted by Crippen LogP contribution is -2.47. The minimum absolute atomic E-state index is 0.0677. The Kier molecular flexibility index (Phi) is 6.06. The first kappa shape index (κ1) is 22.1. The van der Waals surface area contributed by atoms with Crippen LogP contribution in [0.15, 0.2) is 64.2 Å². The lowest BCUT2D eigenvalue weighted by molar-refractivity contribution is -0.137. The van der Waals surface area contributed by atoms with Crippen molar-refractivity contribution in [1.29, 1.82) is 0 Å². The standard InChI is InChI=1S/C24H24F3N3O2/c1-2-29-21-12-13-28(14-17-6-4-3-5-7-17)16-20(21)22(31)30(23(29)32)15-18-8-10-19(11-9-18)24(25,26)27/h3-11H,2,12-16H2,1H3. The highest BCUT2D eigenvalue weighted by Crippen LogP contribution is 2.29. The molecule has 0 amide bonds. The summed E-state index contributed by atoms with van der Waals surface area (Å²) in [7, 11) is 0. The van der Waals surface area contributed by atoms with Crippen molar-refractivity contribution in [3.05, 3.63) is 103 Å². The van der Waals surface area contributed by atoms with Crippen LogP contribution in [0, 0.1) is 0 Å². The molecule has 0 spiro atoms. The fourth-order valence-electron chi connectivity index (χ4n) is 4.23. The van der Waals surface area contributed by atoms with Gasteiger partial charge < -0.3 is 0 Å². The van der Waals surface area contributed by atoms with Gasteiger partial charge in [0.25, 0.3) is 5.56 Å². The molecule has 0 aliphatic carbocycles. The average Bonchev–Trinajstić information content (AvgIpc) is 2.78. The molecule has 3 aromatic rings. The van der Waals surface area contributed by atoms with Gasteiger partial charge in [0.05, 0.1) is 17.7 Å². The van der Waals surface area contributed by atoms with Gasteiger partial charge in [-0.05, 0) is 30.2 Å². The SMILES string of the molecule is CCn1c2c(c(=O)n(Cc3ccc(C(F)(F)F)cc3)c1=O)CN(Cc1ccccc1)CC2. The van der Waals surface area contributed by atoms with E-state index in [0.29, 0.717) is 37.2 Å². The summed E-state index contributed by atoms with van der Waals surface area (Å²) in [6.45, 7) is 4.07. The highest BCUT2D eigenvalue weighted by molar-refractivity contribution is 5.27. The van der Waals surface area contributed by atoms with E-state index in [4.69, 9.17) is 0 Å². The van der Waals surface area contributed by atoms with Gasteiger partial charge in [-0.3, -0.25) is 18.8 Å². The van der Waals surface area contributed by atoms with Gasteiger partial charge in [0.15, 0.2) is 0 Å². The van der Waals surface area contributed by atoms with E-state index in [1.54, 1.807) is 4.57 Å². The molecule has 2 heterocycles. The first-order chi connectivity index (χ1) is 15.3. The summed E-state index contributed by atoms with van der Waals surface area (Å²) in [6.07, 6.45) is -3.83. The van der Waals surface area contributed by atoms with Crippen LogP contribution in [0.3, 0.4) is 0 Å². The van der Waals surface area contributed by atoms with Crippen molar-refractivity contribution in [2.24, 2.45) is 0 Å². The summed E-state index contributed by atoms with van der Waals surface area (Å²) in [6, 6.07) is 14.5. The summed E-state index contributed by atoms with van der Waals surface area (Å²) >= 11 is 0. The second-order valence-corrected chi connectivity index (χ2v) is 7.98. The van der Waals surface area contributed by atoms with Crippen molar-refractivity contribution in [3.63, 3.8) is 0 Å². The molecule has 2 aromatic carbocycles. The molecule has 4 rings (SSSR count). The van der Waals surface area contributed by atoms with E-state index in [0.717, 1.165) is 34.5 Å². The summed E-state index contributed by atoms with van der Waals surface area (Å²) in [5.74, 6) is 0. The Bertz CT molecular complexity index is 1210. The predicted molar refractivity (Wildman–Crippen MR) is 115 cm³/mol. The molecule has 0 N–H and O–H groups in total. The second kappa shape index (κ2) is 8.78. The second-order valence-electron chi connectivity index (χ2n) is 7.98. The molecule has 168 valence electrons.